The second kappa shape index (κ2) is 27.1. The number of rotatable bonds is 29. The highest BCUT2D eigenvalue weighted by Crippen LogP contribution is 2.26. The molecule has 3 atom stereocenters. The van der Waals surface area contributed by atoms with Crippen molar-refractivity contribution in [2.75, 3.05) is 120 Å². The Balaban J connectivity index is 1.25. The van der Waals surface area contributed by atoms with Crippen LogP contribution in [0.25, 0.3) is 0 Å². The number of unbranched alkanes of at least 4 members (excludes halogenated alkanes) is 2. The van der Waals surface area contributed by atoms with Crippen molar-refractivity contribution in [1.82, 2.24) is 54.7 Å². The Labute approximate surface area is 381 Å². The van der Waals surface area contributed by atoms with Crippen LogP contribution in [0.3, 0.4) is 0 Å². The summed E-state index contributed by atoms with van der Waals surface area (Å²) in [5.74, 6) is 2.78. The van der Waals surface area contributed by atoms with Crippen molar-refractivity contribution in [3.8, 4) is 12.3 Å². The number of nitrogens with zero attached hydrogens (tertiary/aromatic N) is 13. The summed E-state index contributed by atoms with van der Waals surface area (Å²) in [5.41, 5.74) is 7.23. The van der Waals surface area contributed by atoms with E-state index in [1.165, 1.54) is 0 Å². The highest BCUT2D eigenvalue weighted by atomic mass is 16.5. The van der Waals surface area contributed by atoms with Crippen LogP contribution in [0.2, 0.25) is 0 Å². The number of nitrogens with two attached hydrogens (primary N) is 1. The number of hydrogen-bond acceptors (Lipinski definition) is 17. The van der Waals surface area contributed by atoms with Crippen LogP contribution in [-0.2, 0) is 41.4 Å². The van der Waals surface area contributed by atoms with Gasteiger partial charge >= 0.3 is 5.97 Å². The van der Waals surface area contributed by atoms with Gasteiger partial charge in [-0.05, 0) is 44.6 Å². The van der Waals surface area contributed by atoms with Crippen molar-refractivity contribution >= 4 is 35.6 Å². The van der Waals surface area contributed by atoms with E-state index in [9.17, 15) is 14.4 Å². The molecule has 0 bridgehead atoms. The van der Waals surface area contributed by atoms with Crippen LogP contribution in [-0.4, -0.2) is 183 Å². The third-order valence-electron chi connectivity index (χ3n) is 11.6. The summed E-state index contributed by atoms with van der Waals surface area (Å²) in [6.07, 6.45) is 14.9. The number of ether oxygens (including phenoxy) is 3. The quantitative estimate of drug-likeness (QED) is 0.0659. The number of carbonyl (C=O) groups excluding carboxylic acids is 2. The number of carboxylic acids is 1. The monoisotopic (exact) mass is 908 g/mol. The Morgan fingerprint density at radius 3 is 1.97 bits per heavy atom. The minimum absolute atomic E-state index is 0.0142. The molecule has 3 aromatic heterocycles. The first kappa shape index (κ1) is 50.5. The third-order valence-corrected chi connectivity index (χ3v) is 11.6. The van der Waals surface area contributed by atoms with Crippen molar-refractivity contribution in [1.29, 1.82) is 0 Å². The van der Waals surface area contributed by atoms with Gasteiger partial charge in [-0.1, -0.05) is 50.0 Å². The van der Waals surface area contributed by atoms with E-state index in [-0.39, 0.29) is 37.2 Å². The number of carboxylic acid groups (broad SMARTS) is 1. The number of nitrogens with one attached hydrogen (secondary N) is 1. The molecule has 65 heavy (non-hydrogen) atoms. The van der Waals surface area contributed by atoms with Crippen molar-refractivity contribution in [2.24, 2.45) is 11.7 Å². The maximum Gasteiger partial charge on any atom is 0.303 e. The second-order valence-corrected chi connectivity index (χ2v) is 16.3. The largest absolute Gasteiger partial charge is 0.481 e. The zero-order chi connectivity index (χ0) is 46.4. The molecule has 22 nitrogen and oxygen atoms in total. The summed E-state index contributed by atoms with van der Waals surface area (Å²) in [5, 5.41) is 29.6. The van der Waals surface area contributed by atoms with Gasteiger partial charge in [-0.2, -0.15) is 15.0 Å². The van der Waals surface area contributed by atoms with E-state index in [2.05, 4.69) is 48.6 Å². The predicted molar refractivity (Wildman–Crippen MR) is 242 cm³/mol. The van der Waals surface area contributed by atoms with Gasteiger partial charge in [0.05, 0.1) is 50.8 Å². The van der Waals surface area contributed by atoms with E-state index in [0.717, 1.165) is 44.2 Å². The van der Waals surface area contributed by atoms with Crippen LogP contribution in [0.15, 0.2) is 12.4 Å². The van der Waals surface area contributed by atoms with Gasteiger partial charge in [0, 0.05) is 77.7 Å². The van der Waals surface area contributed by atoms with Gasteiger partial charge in [-0.15, -0.1) is 16.6 Å². The van der Waals surface area contributed by atoms with Crippen molar-refractivity contribution < 1.29 is 33.7 Å². The standard InChI is InChI=1S/C43H69N15O7/c1-5-8-11-34-31-57(51-49-34)36(12-9-10-15-44)39(61)53-17-21-55(22-18-53)42-46-41(45-16-26-64-28-30-65-29-27-63-25-6-2)47-43(48-42)56-23-19-54(20-24-56)40(62)38(33(4)7-3)58-32-35(50-52-58)13-14-37(59)60/h2,31-33,36,38H,5,7-30,44H2,1,3-4H3,(H,59,60)(H,45,46,47,48)/t33-,36-,38-/m0/s1. The first-order chi connectivity index (χ1) is 31.6. The van der Waals surface area contributed by atoms with E-state index < -0.39 is 18.1 Å². The summed E-state index contributed by atoms with van der Waals surface area (Å²) >= 11 is 0. The Kier molecular flexibility index (Phi) is 21.0. The lowest BCUT2D eigenvalue weighted by Gasteiger charge is -2.38. The van der Waals surface area contributed by atoms with Crippen molar-refractivity contribution in [3.63, 3.8) is 0 Å². The summed E-state index contributed by atoms with van der Waals surface area (Å²) in [4.78, 5) is 61.8. The minimum atomic E-state index is -0.917. The van der Waals surface area contributed by atoms with Gasteiger partial charge in [0.15, 0.2) is 0 Å². The number of terminal acetylenes is 1. The van der Waals surface area contributed by atoms with Crippen molar-refractivity contribution in [2.45, 2.75) is 90.6 Å². The van der Waals surface area contributed by atoms with Crippen LogP contribution in [0.5, 0.6) is 0 Å². The highest BCUT2D eigenvalue weighted by Gasteiger charge is 2.35. The van der Waals surface area contributed by atoms with E-state index in [4.69, 9.17) is 46.4 Å². The van der Waals surface area contributed by atoms with Crippen LogP contribution in [0, 0.1) is 18.3 Å². The normalized spacial score (nSPS) is 15.7. The SMILES string of the molecule is C#CCOCCOCCOCCNc1nc(N2CCN(C(=O)[C@H]([C@@H](C)CC)n3cc(CCC(=O)O)nn3)CC2)nc(N2CCN(C(=O)[C@H](CCCCN)n3cc(CCCC)nn3)CC2)n1. The molecular weight excluding hydrogens is 839 g/mol. The average molecular weight is 908 g/mol. The van der Waals surface area contributed by atoms with Gasteiger partial charge < -0.3 is 50.0 Å². The molecule has 0 radical (unpaired) electrons. The molecule has 3 aromatic rings. The predicted octanol–water partition coefficient (Wildman–Crippen LogP) is 1.46. The van der Waals surface area contributed by atoms with Gasteiger partial charge in [0.2, 0.25) is 29.7 Å². The highest BCUT2D eigenvalue weighted by molar-refractivity contribution is 5.81. The van der Waals surface area contributed by atoms with E-state index in [1.807, 2.05) is 29.8 Å². The fourth-order valence-electron chi connectivity index (χ4n) is 7.60. The Bertz CT molecular complexity index is 1940. The molecular formula is C43H69N15O7. The molecule has 358 valence electrons. The molecule has 0 aliphatic carbocycles. The maximum absolute atomic E-state index is 14.1. The molecule has 0 saturated carbocycles. The summed E-state index contributed by atoms with van der Waals surface area (Å²) in [6.45, 7) is 13.3. The summed E-state index contributed by atoms with van der Waals surface area (Å²) in [6, 6.07) is -1.04. The van der Waals surface area contributed by atoms with Gasteiger partial charge in [-0.25, -0.2) is 9.36 Å². The Hall–Kier alpha value is -5.50. The zero-order valence-electron chi connectivity index (χ0n) is 38.4. The number of aliphatic carboxylic acids is 1. The van der Waals surface area contributed by atoms with Crippen LogP contribution < -0.4 is 20.9 Å². The molecule has 2 aliphatic rings. The first-order valence-electron chi connectivity index (χ1n) is 23.1. The third kappa shape index (κ3) is 15.6. The van der Waals surface area contributed by atoms with Crippen LogP contribution in [0.1, 0.15) is 89.2 Å². The van der Waals surface area contributed by atoms with E-state index >= 15 is 0 Å². The molecule has 2 saturated heterocycles. The molecule has 0 spiro atoms. The second-order valence-electron chi connectivity index (χ2n) is 16.3. The Morgan fingerprint density at radius 2 is 1.37 bits per heavy atom. The molecule has 2 fully saturated rings. The molecule has 5 rings (SSSR count). The molecule has 22 heteroatoms. The number of hydrogen-bond donors (Lipinski definition) is 3. The van der Waals surface area contributed by atoms with E-state index in [0.29, 0.717) is 128 Å². The smallest absolute Gasteiger partial charge is 0.303 e. The fraction of sp³-hybridized carbons (Fsp3) is 0.721. The maximum atomic E-state index is 14.1. The lowest BCUT2D eigenvalue weighted by Crippen LogP contribution is -2.52. The fourth-order valence-corrected chi connectivity index (χ4v) is 7.60. The van der Waals surface area contributed by atoms with Crippen LogP contribution in [0.4, 0.5) is 17.8 Å². The minimum Gasteiger partial charge on any atom is -0.481 e. The van der Waals surface area contributed by atoms with Gasteiger partial charge in [0.25, 0.3) is 0 Å². The molecule has 0 unspecified atom stereocenters. The van der Waals surface area contributed by atoms with Gasteiger partial charge in [0.1, 0.15) is 18.7 Å². The van der Waals surface area contributed by atoms with Crippen LogP contribution >= 0.6 is 0 Å². The number of anilines is 3. The molecule has 4 N–H and O–H groups in total. The molecule has 5 heterocycles. The lowest BCUT2D eigenvalue weighted by molar-refractivity contribution is -0.138. The number of aromatic nitrogens is 9. The topological polar surface area (TPSA) is 250 Å². The molecule has 2 amide bonds. The summed E-state index contributed by atoms with van der Waals surface area (Å²) < 4.78 is 19.8. The zero-order valence-corrected chi connectivity index (χ0v) is 38.4. The molecule has 0 aromatic carbocycles. The lowest BCUT2D eigenvalue weighted by atomic mass is 9.97. The van der Waals surface area contributed by atoms with Crippen molar-refractivity contribution in [3.05, 3.63) is 23.8 Å². The molecule has 2 aliphatic heterocycles. The Morgan fingerprint density at radius 1 is 0.785 bits per heavy atom. The number of carbonyl (C=O) groups is 3. The summed E-state index contributed by atoms with van der Waals surface area (Å²) in [7, 11) is 0. The van der Waals surface area contributed by atoms with E-state index in [1.54, 1.807) is 15.6 Å². The number of piperazine rings is 2. The van der Waals surface area contributed by atoms with Gasteiger partial charge in [-0.3, -0.25) is 14.4 Å². The number of aryl methyl sites for hydroxylation is 2. The average Bonchev–Trinajstić information content (AvgIpc) is 4.00. The number of amides is 2. The first-order valence-corrected chi connectivity index (χ1v) is 23.1.